The minimum absolute atomic E-state index is 0.198. The van der Waals surface area contributed by atoms with Gasteiger partial charge in [0.1, 0.15) is 0 Å². The first kappa shape index (κ1) is 18.4. The molecule has 2 saturated carbocycles. The quantitative estimate of drug-likeness (QED) is 0.756. The summed E-state index contributed by atoms with van der Waals surface area (Å²) >= 11 is 0. The van der Waals surface area contributed by atoms with Crippen LogP contribution in [0.25, 0.3) is 0 Å². The van der Waals surface area contributed by atoms with Crippen molar-refractivity contribution in [3.63, 3.8) is 0 Å². The van der Waals surface area contributed by atoms with Gasteiger partial charge >= 0.3 is 5.97 Å². The van der Waals surface area contributed by atoms with Crippen molar-refractivity contribution in [3.8, 4) is 6.07 Å². The normalized spacial score (nSPS) is 18.6. The van der Waals surface area contributed by atoms with Gasteiger partial charge < -0.3 is 10.1 Å². The Labute approximate surface area is 154 Å². The zero-order chi connectivity index (χ0) is 18.4. The molecule has 3 rings (SSSR count). The molecule has 0 spiro atoms. The molecule has 2 aliphatic rings. The van der Waals surface area contributed by atoms with E-state index in [9.17, 15) is 9.59 Å². The molecule has 2 aliphatic carbocycles. The molecule has 1 unspecified atom stereocenters. The van der Waals surface area contributed by atoms with Gasteiger partial charge in [-0.1, -0.05) is 44.2 Å². The fourth-order valence-electron chi connectivity index (χ4n) is 3.50. The number of esters is 1. The van der Waals surface area contributed by atoms with Crippen LogP contribution in [0.15, 0.2) is 24.3 Å². The van der Waals surface area contributed by atoms with Gasteiger partial charge in [0, 0.05) is 18.0 Å². The molecule has 138 valence electrons. The molecule has 1 N–H and O–H groups in total. The number of nitrogens with zero attached hydrogens (tertiary/aromatic N) is 1. The predicted molar refractivity (Wildman–Crippen MR) is 97.0 cm³/mol. The average molecular weight is 354 g/mol. The van der Waals surface area contributed by atoms with Gasteiger partial charge in [-0.3, -0.25) is 9.59 Å². The lowest BCUT2D eigenvalue weighted by molar-refractivity contribution is -0.156. The van der Waals surface area contributed by atoms with Gasteiger partial charge in [0.2, 0.25) is 6.10 Å². The number of hydrogen-bond donors (Lipinski definition) is 1. The molecule has 5 heteroatoms. The van der Waals surface area contributed by atoms with Crippen molar-refractivity contribution >= 4 is 11.9 Å². The summed E-state index contributed by atoms with van der Waals surface area (Å²) in [5.74, 6) is 0.00376. The van der Waals surface area contributed by atoms with Crippen LogP contribution in [-0.4, -0.2) is 17.9 Å². The monoisotopic (exact) mass is 354 g/mol. The Kier molecular flexibility index (Phi) is 6.27. The zero-order valence-electron chi connectivity index (χ0n) is 15.1. The predicted octanol–water partition coefficient (Wildman–Crippen LogP) is 3.78. The first-order valence-electron chi connectivity index (χ1n) is 9.65. The molecule has 2 fully saturated rings. The average Bonchev–Trinajstić information content (AvgIpc) is 3.49. The Morgan fingerprint density at radius 2 is 1.81 bits per heavy atom. The van der Waals surface area contributed by atoms with Crippen LogP contribution in [0, 0.1) is 17.2 Å². The van der Waals surface area contributed by atoms with Crippen LogP contribution in [0.2, 0.25) is 0 Å². The van der Waals surface area contributed by atoms with Crippen molar-refractivity contribution in [2.24, 2.45) is 5.92 Å². The van der Waals surface area contributed by atoms with Crippen LogP contribution >= 0.6 is 0 Å². The maximum absolute atomic E-state index is 12.5. The summed E-state index contributed by atoms with van der Waals surface area (Å²) < 4.78 is 5.56. The van der Waals surface area contributed by atoms with E-state index in [-0.39, 0.29) is 17.9 Å². The highest BCUT2D eigenvalue weighted by Crippen LogP contribution is 2.28. The summed E-state index contributed by atoms with van der Waals surface area (Å²) in [5, 5.41) is 11.8. The lowest BCUT2D eigenvalue weighted by Gasteiger charge is -2.22. The first-order valence-corrected chi connectivity index (χ1v) is 9.65. The van der Waals surface area contributed by atoms with E-state index in [4.69, 9.17) is 10.00 Å². The fraction of sp³-hybridized carbons (Fsp3) is 0.571. The number of hydrogen-bond acceptors (Lipinski definition) is 4. The van der Waals surface area contributed by atoms with E-state index in [0.29, 0.717) is 23.5 Å². The third kappa shape index (κ3) is 5.32. The topological polar surface area (TPSA) is 79.2 Å². The molecular formula is C21H26N2O3. The number of ether oxygens (including phenoxy) is 1. The van der Waals surface area contributed by atoms with Gasteiger partial charge in [0.05, 0.1) is 11.6 Å². The summed E-state index contributed by atoms with van der Waals surface area (Å²) in [6, 6.07) is 8.90. The number of benzene rings is 1. The van der Waals surface area contributed by atoms with Crippen molar-refractivity contribution in [2.45, 2.75) is 69.9 Å². The van der Waals surface area contributed by atoms with E-state index < -0.39 is 6.10 Å². The lowest BCUT2D eigenvalue weighted by Crippen LogP contribution is -2.33. The van der Waals surface area contributed by atoms with Crippen LogP contribution in [0.4, 0.5) is 0 Å². The molecule has 1 atom stereocenters. The molecule has 0 aliphatic heterocycles. The van der Waals surface area contributed by atoms with Crippen molar-refractivity contribution in [3.05, 3.63) is 35.4 Å². The molecular weight excluding hydrogens is 328 g/mol. The molecule has 5 nitrogen and oxygen atoms in total. The van der Waals surface area contributed by atoms with E-state index in [1.807, 2.05) is 0 Å². The smallest absolute Gasteiger partial charge is 0.306 e. The van der Waals surface area contributed by atoms with E-state index in [1.165, 1.54) is 32.1 Å². The molecule has 0 saturated heterocycles. The number of amides is 1. The fourth-order valence-corrected chi connectivity index (χ4v) is 3.50. The highest BCUT2D eigenvalue weighted by Gasteiger charge is 2.31. The molecule has 0 heterocycles. The second-order valence-corrected chi connectivity index (χ2v) is 7.43. The Morgan fingerprint density at radius 3 is 2.42 bits per heavy atom. The molecule has 1 amide bonds. The van der Waals surface area contributed by atoms with Gasteiger partial charge in [0.15, 0.2) is 0 Å². The van der Waals surface area contributed by atoms with Crippen LogP contribution in [0.5, 0.6) is 0 Å². The SMILES string of the molecule is N#Cc1ccc(C(OC(=O)CCC2CCCCC2)C(=O)NC2CC2)cc1. The third-order valence-corrected chi connectivity index (χ3v) is 5.24. The van der Waals surface area contributed by atoms with Gasteiger partial charge in [-0.2, -0.15) is 5.26 Å². The molecule has 1 aromatic carbocycles. The van der Waals surface area contributed by atoms with Crippen molar-refractivity contribution in [1.82, 2.24) is 5.32 Å². The van der Waals surface area contributed by atoms with E-state index in [1.54, 1.807) is 24.3 Å². The number of carbonyl (C=O) groups is 2. The number of carbonyl (C=O) groups excluding carboxylic acids is 2. The van der Waals surface area contributed by atoms with Crippen LogP contribution < -0.4 is 5.32 Å². The minimum atomic E-state index is -0.942. The Morgan fingerprint density at radius 1 is 1.12 bits per heavy atom. The molecule has 0 aromatic heterocycles. The largest absolute Gasteiger partial charge is 0.447 e. The maximum atomic E-state index is 12.5. The second-order valence-electron chi connectivity index (χ2n) is 7.43. The summed E-state index contributed by atoms with van der Waals surface area (Å²) in [5.41, 5.74) is 1.12. The van der Waals surface area contributed by atoms with E-state index in [2.05, 4.69) is 11.4 Å². The van der Waals surface area contributed by atoms with Gasteiger partial charge in [-0.25, -0.2) is 0 Å². The first-order chi connectivity index (χ1) is 12.7. The van der Waals surface area contributed by atoms with Crippen LogP contribution in [0.1, 0.15) is 75.0 Å². The maximum Gasteiger partial charge on any atom is 0.306 e. The molecule has 0 radical (unpaired) electrons. The van der Waals surface area contributed by atoms with Gasteiger partial charge in [-0.05, 0) is 37.3 Å². The van der Waals surface area contributed by atoms with Crippen LogP contribution in [-0.2, 0) is 14.3 Å². The highest BCUT2D eigenvalue weighted by molar-refractivity contribution is 5.85. The third-order valence-electron chi connectivity index (χ3n) is 5.24. The standard InChI is InChI=1S/C21H26N2O3/c22-14-16-6-9-17(10-7-16)20(21(25)23-18-11-12-18)26-19(24)13-8-15-4-2-1-3-5-15/h6-7,9-10,15,18,20H,1-5,8,11-13H2,(H,23,25). The lowest BCUT2D eigenvalue weighted by atomic mass is 9.86. The molecule has 1 aromatic rings. The molecule has 0 bridgehead atoms. The highest BCUT2D eigenvalue weighted by atomic mass is 16.5. The van der Waals surface area contributed by atoms with Gasteiger partial charge in [-0.15, -0.1) is 0 Å². The van der Waals surface area contributed by atoms with Crippen LogP contribution in [0.3, 0.4) is 0 Å². The summed E-state index contributed by atoms with van der Waals surface area (Å²) in [4.78, 5) is 24.9. The zero-order valence-corrected chi connectivity index (χ0v) is 15.1. The molecule has 26 heavy (non-hydrogen) atoms. The number of nitrogens with one attached hydrogen (secondary N) is 1. The van der Waals surface area contributed by atoms with Crippen molar-refractivity contribution in [1.29, 1.82) is 5.26 Å². The summed E-state index contributed by atoms with van der Waals surface area (Å²) in [7, 11) is 0. The van der Waals surface area contributed by atoms with Crippen molar-refractivity contribution < 1.29 is 14.3 Å². The number of nitriles is 1. The van der Waals surface area contributed by atoms with Crippen molar-refractivity contribution in [2.75, 3.05) is 0 Å². The minimum Gasteiger partial charge on any atom is -0.447 e. The summed E-state index contributed by atoms with van der Waals surface area (Å²) in [6.45, 7) is 0. The Bertz CT molecular complexity index is 667. The second kappa shape index (κ2) is 8.84. The Balaban J connectivity index is 1.60. The van der Waals surface area contributed by atoms with Gasteiger partial charge in [0.25, 0.3) is 5.91 Å². The summed E-state index contributed by atoms with van der Waals surface area (Å²) in [6.07, 6.45) is 8.36. The number of rotatable bonds is 7. The Hall–Kier alpha value is -2.35. The van der Waals surface area contributed by atoms with E-state index >= 15 is 0 Å². The van der Waals surface area contributed by atoms with E-state index in [0.717, 1.165) is 19.3 Å².